The molecule has 0 unspecified atom stereocenters. The van der Waals surface area contributed by atoms with Gasteiger partial charge in [0, 0.05) is 0 Å². The molecular formula is C12H26HfNO. The molecule has 3 heteroatoms. The summed E-state index contributed by atoms with van der Waals surface area (Å²) in [5.41, 5.74) is 0. The van der Waals surface area contributed by atoms with Gasteiger partial charge < -0.3 is 2.85 Å². The minimum atomic E-state index is 0. The zero-order valence-electron chi connectivity index (χ0n) is 12.0. The van der Waals surface area contributed by atoms with E-state index in [0.717, 1.165) is 37.5 Å². The number of amides is 1. The Morgan fingerprint density at radius 3 is 1.93 bits per heavy atom. The summed E-state index contributed by atoms with van der Waals surface area (Å²) < 4.78 is 2.79. The fraction of sp³-hybridized carbons (Fsp3) is 0.917. The summed E-state index contributed by atoms with van der Waals surface area (Å²) in [4.78, 5) is 10.9. The van der Waals surface area contributed by atoms with Crippen LogP contribution in [0.25, 0.3) is 0 Å². The molecule has 0 radical (unpaired) electrons. The molecule has 0 rings (SSSR count). The maximum atomic E-state index is 10.9. The molecule has 2 nitrogen and oxygen atoms in total. The van der Waals surface area contributed by atoms with Crippen LogP contribution in [0.5, 0.6) is 0 Å². The Labute approximate surface area is 113 Å². The topological polar surface area (TPSA) is 29.1 Å². The van der Waals surface area contributed by atoms with Crippen LogP contribution in [0.2, 0.25) is 0 Å². The number of hydrogen-bond acceptors (Lipinski definition) is 1. The van der Waals surface area contributed by atoms with E-state index in [0.29, 0.717) is 0 Å². The van der Waals surface area contributed by atoms with E-state index in [9.17, 15) is 4.79 Å². The van der Waals surface area contributed by atoms with Gasteiger partial charge in [-0.05, 0) is 0 Å². The second kappa shape index (κ2) is 12.4. The molecule has 89 valence electrons. The number of nitrogens with one attached hydrogen (secondary N) is 1. The van der Waals surface area contributed by atoms with Gasteiger partial charge in [0.1, 0.15) is 0 Å². The molecule has 0 aliphatic rings. The molecule has 0 aliphatic heterocycles. The van der Waals surface area contributed by atoms with E-state index in [1.165, 1.54) is 51.4 Å². The maximum absolute atomic E-state index is 10.9. The summed E-state index contributed by atoms with van der Waals surface area (Å²) >= 11 is 0.794. The molecule has 0 aliphatic carbocycles. The van der Waals surface area contributed by atoms with Crippen LogP contribution in [0.4, 0.5) is 0 Å². The van der Waals surface area contributed by atoms with Gasteiger partial charge in [-0.2, -0.15) is 0 Å². The Balaban J connectivity index is -0.000000980. The van der Waals surface area contributed by atoms with Crippen LogP contribution in [0.3, 0.4) is 0 Å². The van der Waals surface area contributed by atoms with Crippen LogP contribution in [-0.2, 0) is 29.5 Å². The molecule has 0 heterocycles. The summed E-state index contributed by atoms with van der Waals surface area (Å²) in [5.74, 6) is 0.240. The molecule has 0 atom stereocenters. The van der Waals surface area contributed by atoms with Crippen LogP contribution in [-0.4, -0.2) is 5.91 Å². The van der Waals surface area contributed by atoms with E-state index in [4.69, 9.17) is 0 Å². The summed E-state index contributed by atoms with van der Waals surface area (Å²) in [6, 6.07) is 0. The molecule has 0 aromatic rings. The van der Waals surface area contributed by atoms with Gasteiger partial charge in [-0.3, -0.25) is 0 Å². The Morgan fingerprint density at radius 1 is 1.00 bits per heavy atom. The third-order valence-electron chi connectivity index (χ3n) is 2.65. The average Bonchev–Trinajstić information content (AvgIpc) is 2.26. The van der Waals surface area contributed by atoms with Gasteiger partial charge in [0.2, 0.25) is 0 Å². The van der Waals surface area contributed by atoms with E-state index in [1.807, 2.05) is 0 Å². The molecule has 0 saturated carbocycles. The second-order valence-corrected chi connectivity index (χ2v) is 5.02. The van der Waals surface area contributed by atoms with Crippen LogP contribution < -0.4 is 3.30 Å². The van der Waals surface area contributed by atoms with E-state index < -0.39 is 0 Å². The minimum absolute atomic E-state index is 0. The molecular weight excluding hydrogens is 353 g/mol. The summed E-state index contributed by atoms with van der Waals surface area (Å²) in [6.07, 6.45) is 12.6. The van der Waals surface area contributed by atoms with Crippen molar-refractivity contribution >= 4 is 5.91 Å². The molecule has 0 saturated heterocycles. The van der Waals surface area contributed by atoms with Crippen molar-refractivity contribution in [2.45, 2.75) is 71.1 Å². The van der Waals surface area contributed by atoms with Crippen LogP contribution >= 0.6 is 0 Å². The zero-order valence-corrected chi connectivity index (χ0v) is 13.6. The average molecular weight is 379 g/mol. The first-order chi connectivity index (χ1) is 7.31. The third kappa shape index (κ3) is 12.3. The first kappa shape index (κ1) is 15.3. The Morgan fingerprint density at radius 2 is 1.47 bits per heavy atom. The predicted molar refractivity (Wildman–Crippen MR) is 62.2 cm³/mol. The van der Waals surface area contributed by atoms with Crippen molar-refractivity contribution in [1.29, 1.82) is 0 Å². The van der Waals surface area contributed by atoms with E-state index in [-0.39, 0.29) is 8.76 Å². The number of carbonyl (C=O) groups is 1. The summed E-state index contributed by atoms with van der Waals surface area (Å²) in [5, 5.41) is 0. The van der Waals surface area contributed by atoms with Crippen LogP contribution in [0.1, 0.15) is 74.0 Å². The second-order valence-electron chi connectivity index (χ2n) is 4.13. The Hall–Kier alpha value is 0.340. The molecule has 0 bridgehead atoms. The Bertz CT molecular complexity index is 159. The fourth-order valence-electron chi connectivity index (χ4n) is 1.66. The van der Waals surface area contributed by atoms with Crippen LogP contribution in [0, 0.1) is 0 Å². The normalized spacial score (nSPS) is 10.3. The quantitative estimate of drug-likeness (QED) is 0.455. The number of unbranched alkanes of at least 4 members (excludes halogenated alkanes) is 8. The van der Waals surface area contributed by atoms with Crippen molar-refractivity contribution in [2.75, 3.05) is 0 Å². The van der Waals surface area contributed by atoms with Crippen molar-refractivity contribution in [3.63, 3.8) is 0 Å². The van der Waals surface area contributed by atoms with Gasteiger partial charge in [0.05, 0.1) is 0 Å². The van der Waals surface area contributed by atoms with Gasteiger partial charge >= 0.3 is 103 Å². The smallest absolute Gasteiger partial charge is 1.00 e. The third-order valence-corrected chi connectivity index (χ3v) is 3.65. The van der Waals surface area contributed by atoms with Crippen molar-refractivity contribution in [1.82, 2.24) is 3.30 Å². The van der Waals surface area contributed by atoms with Gasteiger partial charge in [-0.1, -0.05) is 6.92 Å². The minimum Gasteiger partial charge on any atom is -1.00 e. The molecule has 0 aromatic heterocycles. The van der Waals surface area contributed by atoms with Gasteiger partial charge in [-0.25, -0.2) is 0 Å². The first-order valence-electron chi connectivity index (χ1n) is 6.26. The summed E-state index contributed by atoms with van der Waals surface area (Å²) in [7, 11) is 0. The standard InChI is InChI=1S/C12H25NO.Hf.2H/c1-2-3-4-5-6-7-8-9-10-11-12(13)14;;;/h2-11H2,1H3,(H2,13,14);;;/q;+3;2*-1/p-1. The van der Waals surface area contributed by atoms with Gasteiger partial charge in [-0.15, -0.1) is 0 Å². The molecule has 1 N–H and O–H groups in total. The number of rotatable bonds is 10. The fourth-order valence-corrected chi connectivity index (χ4v) is 2.11. The molecule has 1 amide bonds. The zero-order chi connectivity index (χ0) is 11.4. The molecule has 0 fully saturated rings. The van der Waals surface area contributed by atoms with Crippen LogP contribution in [0.15, 0.2) is 0 Å². The monoisotopic (exact) mass is 380 g/mol. The van der Waals surface area contributed by atoms with Crippen molar-refractivity contribution in [3.05, 3.63) is 0 Å². The first-order valence-corrected chi connectivity index (χ1v) is 8.06. The molecule has 0 spiro atoms. The number of hydrogen-bond donors (Lipinski definition) is 1. The maximum Gasteiger partial charge on any atom is -1.00 e. The molecule has 0 aromatic carbocycles. The largest absolute Gasteiger partial charge is 1.00 e. The van der Waals surface area contributed by atoms with E-state index >= 15 is 0 Å². The van der Waals surface area contributed by atoms with Crippen molar-refractivity contribution < 1.29 is 32.3 Å². The summed E-state index contributed by atoms with van der Waals surface area (Å²) in [6.45, 7) is 2.25. The van der Waals surface area contributed by atoms with Crippen molar-refractivity contribution in [3.8, 4) is 0 Å². The van der Waals surface area contributed by atoms with E-state index in [1.54, 1.807) is 0 Å². The molecule has 15 heavy (non-hydrogen) atoms. The van der Waals surface area contributed by atoms with Crippen molar-refractivity contribution in [2.24, 2.45) is 0 Å². The Kier molecular flexibility index (Phi) is 12.7. The van der Waals surface area contributed by atoms with Gasteiger partial charge in [0.15, 0.2) is 0 Å². The predicted octanol–water partition coefficient (Wildman–Crippen LogP) is 3.71. The SMILES string of the molecule is CCCCCCCCCCCC(=O)[NH][Hf+2].[H-].[H-]. The number of carbonyl (C=O) groups excluding carboxylic acids is 1. The van der Waals surface area contributed by atoms with Gasteiger partial charge in [0.25, 0.3) is 0 Å². The van der Waals surface area contributed by atoms with E-state index in [2.05, 4.69) is 10.2 Å².